The van der Waals surface area contributed by atoms with Crippen LogP contribution in [0.25, 0.3) is 0 Å². The Morgan fingerprint density at radius 3 is 2.27 bits per heavy atom. The van der Waals surface area contributed by atoms with E-state index in [1.165, 1.54) is 0 Å². The summed E-state index contributed by atoms with van der Waals surface area (Å²) in [5, 5.41) is 17.4. The molecule has 0 aromatic heterocycles. The van der Waals surface area contributed by atoms with Crippen molar-refractivity contribution in [2.45, 2.75) is 150 Å². The highest BCUT2D eigenvalue weighted by atomic mass is 16.7. The number of hydrogen-bond donors (Lipinski definition) is 2. The van der Waals surface area contributed by atoms with Crippen LogP contribution in [0.1, 0.15) is 95.4 Å². The van der Waals surface area contributed by atoms with E-state index in [1.807, 2.05) is 34.6 Å². The topological polar surface area (TPSA) is 104 Å². The van der Waals surface area contributed by atoms with E-state index in [0.717, 1.165) is 6.42 Å². The number of ether oxygens (including phenoxy) is 5. The molecule has 2 N–H and O–H groups in total. The molecule has 0 aromatic carbocycles. The molecular weight excluding hydrogens is 512 g/mol. The lowest BCUT2D eigenvalue weighted by molar-refractivity contribution is -0.325. The number of carbonyl (C=O) groups is 1. The van der Waals surface area contributed by atoms with Crippen LogP contribution in [0.5, 0.6) is 0 Å². The fourth-order valence-electron chi connectivity index (χ4n) is 7.15. The molecule has 8 heteroatoms. The second kappa shape index (κ2) is 12.7. The van der Waals surface area contributed by atoms with E-state index >= 15 is 0 Å². The maximum absolute atomic E-state index is 13.5. The molecular formula is C32H56O8. The van der Waals surface area contributed by atoms with Crippen molar-refractivity contribution in [2.24, 2.45) is 35.5 Å². The molecule has 3 aliphatic rings. The number of aliphatic hydroxyl groups is 2. The van der Waals surface area contributed by atoms with Crippen molar-refractivity contribution in [1.82, 2.24) is 0 Å². The third-order valence-electron chi connectivity index (χ3n) is 9.68. The van der Waals surface area contributed by atoms with Gasteiger partial charge in [0.25, 0.3) is 0 Å². The minimum Gasteiger partial charge on any atom is -0.457 e. The van der Waals surface area contributed by atoms with Crippen molar-refractivity contribution in [1.29, 1.82) is 1.43 Å². The predicted molar refractivity (Wildman–Crippen MR) is 153 cm³/mol. The molecule has 0 radical (unpaired) electrons. The van der Waals surface area contributed by atoms with Gasteiger partial charge in [-0.1, -0.05) is 48.1 Å². The van der Waals surface area contributed by atoms with Gasteiger partial charge >= 0.3 is 5.97 Å². The van der Waals surface area contributed by atoms with Crippen LogP contribution in [-0.2, 0) is 28.5 Å². The quantitative estimate of drug-likeness (QED) is 0.350. The zero-order valence-corrected chi connectivity index (χ0v) is 26.6. The summed E-state index contributed by atoms with van der Waals surface area (Å²) in [6.45, 7) is 25.8. The average molecular weight is 571 g/mol. The fraction of sp³-hybridized carbons (Fsp3) is 0.906. The number of hydrogen-bond acceptors (Lipinski definition) is 8. The lowest BCUT2D eigenvalue weighted by atomic mass is 9.74. The third kappa shape index (κ3) is 7.12. The Balaban J connectivity index is 2.08. The molecule has 8 nitrogen and oxygen atoms in total. The van der Waals surface area contributed by atoms with Gasteiger partial charge in [0.05, 0.1) is 42.0 Å². The first kappa shape index (κ1) is 31.9. The molecule has 1 unspecified atom stereocenters. The molecule has 0 aliphatic carbocycles. The number of carbonyl (C=O) groups excluding carboxylic acids is 1. The molecule has 0 amide bonds. The van der Waals surface area contributed by atoms with Gasteiger partial charge in [-0.3, -0.25) is 4.79 Å². The second-order valence-corrected chi connectivity index (χ2v) is 13.9. The predicted octanol–water partition coefficient (Wildman–Crippen LogP) is 5.24. The Morgan fingerprint density at radius 2 is 1.68 bits per heavy atom. The van der Waals surface area contributed by atoms with E-state index in [1.54, 1.807) is 13.8 Å². The first-order valence-corrected chi connectivity index (χ1v) is 15.3. The Labute approximate surface area is 243 Å². The SMILES string of the molecule is [3H]O[C@H]1[C@H](C)[C@@H](OC2O[C@H](C)C[C@H](C)[C@H]2C)[C@@](C)(O)C[C@@H](C)[C@@H]2OC(C)(C)O[C@@H](C(=C)[C@@H](CC)OC(=O)[C@@H]1C)[C@H]2C. The monoisotopic (exact) mass is 570 g/mol. The van der Waals surface area contributed by atoms with Crippen LogP contribution in [0.15, 0.2) is 12.2 Å². The molecule has 3 saturated heterocycles. The van der Waals surface area contributed by atoms with Crippen molar-refractivity contribution in [3.63, 3.8) is 0 Å². The molecule has 3 heterocycles. The molecule has 0 spiro atoms. The summed E-state index contributed by atoms with van der Waals surface area (Å²) >= 11 is 0. The van der Waals surface area contributed by atoms with Crippen molar-refractivity contribution in [3.8, 4) is 0 Å². The number of fused-ring (bicyclic) bond motifs is 2. The van der Waals surface area contributed by atoms with E-state index < -0.39 is 59.9 Å². The zero-order chi connectivity index (χ0) is 31.0. The Hall–Kier alpha value is -1.03. The fourth-order valence-corrected chi connectivity index (χ4v) is 7.15. The van der Waals surface area contributed by atoms with E-state index in [-0.39, 0.29) is 30.0 Å². The first-order chi connectivity index (χ1) is 18.9. The smallest absolute Gasteiger partial charge is 0.311 e. The van der Waals surface area contributed by atoms with Gasteiger partial charge in [0.1, 0.15) is 6.10 Å². The Kier molecular flexibility index (Phi) is 10.1. The number of cyclic esters (lactones) is 1. The average Bonchev–Trinajstić information content (AvgIpc) is 2.88. The van der Waals surface area contributed by atoms with Crippen molar-refractivity contribution < 1.29 is 38.7 Å². The van der Waals surface area contributed by atoms with Gasteiger partial charge in [0.15, 0.2) is 12.1 Å². The maximum atomic E-state index is 13.5. The summed E-state index contributed by atoms with van der Waals surface area (Å²) in [5.41, 5.74) is -0.692. The summed E-state index contributed by atoms with van der Waals surface area (Å²) in [5.74, 6) is -2.50. The third-order valence-corrected chi connectivity index (χ3v) is 9.68. The van der Waals surface area contributed by atoms with Crippen molar-refractivity contribution in [3.05, 3.63) is 12.2 Å². The highest BCUT2D eigenvalue weighted by Crippen LogP contribution is 2.43. The normalized spacial score (nSPS) is 49.5. The maximum Gasteiger partial charge on any atom is 0.311 e. The van der Waals surface area contributed by atoms with Gasteiger partial charge in [-0.15, -0.1) is 0 Å². The lowest BCUT2D eigenvalue weighted by Gasteiger charge is -2.50. The molecule has 3 aliphatic heterocycles. The molecule has 0 saturated carbocycles. The second-order valence-electron chi connectivity index (χ2n) is 13.9. The Morgan fingerprint density at radius 1 is 1.02 bits per heavy atom. The molecule has 0 aromatic rings. The largest absolute Gasteiger partial charge is 0.457 e. The summed E-state index contributed by atoms with van der Waals surface area (Å²) in [7, 11) is 0. The Bertz CT molecular complexity index is 908. The number of rotatable bonds is 4. The summed E-state index contributed by atoms with van der Waals surface area (Å²) in [6.07, 6.45) is -1.70. The van der Waals surface area contributed by atoms with Crippen molar-refractivity contribution >= 4 is 5.97 Å². The van der Waals surface area contributed by atoms with Gasteiger partial charge in [-0.2, -0.15) is 0 Å². The van der Waals surface area contributed by atoms with Crippen molar-refractivity contribution in [2.75, 3.05) is 0 Å². The molecule has 2 bridgehead atoms. The highest BCUT2D eigenvalue weighted by Gasteiger charge is 2.51. The van der Waals surface area contributed by atoms with Gasteiger partial charge < -0.3 is 33.9 Å². The van der Waals surface area contributed by atoms with Crippen LogP contribution in [0.3, 0.4) is 0 Å². The van der Waals surface area contributed by atoms with Crippen LogP contribution in [-0.4, -0.2) is 71.9 Å². The summed E-state index contributed by atoms with van der Waals surface area (Å²) in [6, 6.07) is 0. The van der Waals surface area contributed by atoms with Crippen LogP contribution in [0.2, 0.25) is 0 Å². The molecule has 3 rings (SSSR count). The van der Waals surface area contributed by atoms with E-state index in [9.17, 15) is 9.90 Å². The lowest BCUT2D eigenvalue weighted by Crippen LogP contribution is -2.58. The van der Waals surface area contributed by atoms with E-state index in [0.29, 0.717) is 24.3 Å². The van der Waals surface area contributed by atoms with Crippen LogP contribution in [0.4, 0.5) is 0 Å². The molecule has 232 valence electrons. The standard InChI is InChI=1S/C32H56O8/c1-13-24-20(6)27-23(9)26(39-31(10,11)40-27)17(3)15-32(12,35)28(21(7)25(33)22(8)29(34)37-24)38-30-19(5)16(2)14-18(4)36-30/h16-19,21-28,30,33,35H,6,13-15H2,1-5,7-12H3/t16-,17+,18+,19+,21-,22+,23-,24+,25-,26-,27-,28+,30?,32-/m0/s1/i33T. The summed E-state index contributed by atoms with van der Waals surface area (Å²) in [4.78, 5) is 13.5. The zero-order valence-electron chi connectivity index (χ0n) is 27.6. The minimum atomic E-state index is -1.37. The molecule has 14 atom stereocenters. The summed E-state index contributed by atoms with van der Waals surface area (Å²) < 4.78 is 39.8. The molecule has 40 heavy (non-hydrogen) atoms. The molecule has 3 fully saturated rings. The van der Waals surface area contributed by atoms with E-state index in [4.69, 9.17) is 30.2 Å². The van der Waals surface area contributed by atoms with Crippen LogP contribution in [0, 0.1) is 35.5 Å². The number of esters is 1. The highest BCUT2D eigenvalue weighted by molar-refractivity contribution is 5.73. The van der Waals surface area contributed by atoms with Gasteiger partial charge in [0.2, 0.25) is 1.43 Å². The van der Waals surface area contributed by atoms with Gasteiger partial charge in [-0.25, -0.2) is 0 Å². The van der Waals surface area contributed by atoms with Crippen LogP contribution >= 0.6 is 0 Å². The van der Waals surface area contributed by atoms with Crippen LogP contribution < -0.4 is 0 Å². The van der Waals surface area contributed by atoms with Gasteiger partial charge in [0, 0.05) is 17.8 Å². The van der Waals surface area contributed by atoms with Gasteiger partial charge in [-0.05, 0) is 71.3 Å². The first-order valence-electron chi connectivity index (χ1n) is 15.7. The minimum absolute atomic E-state index is 0.00994. The van der Waals surface area contributed by atoms with E-state index in [2.05, 4.69) is 34.3 Å². The number of aliphatic hydroxyl groups excluding tert-OH is 1.